The summed E-state index contributed by atoms with van der Waals surface area (Å²) in [7, 11) is -7.18. The van der Waals surface area contributed by atoms with Crippen LogP contribution in [0.4, 0.5) is 11.4 Å². The molecule has 9 nitrogen and oxygen atoms in total. The Morgan fingerprint density at radius 3 is 2.02 bits per heavy atom. The lowest BCUT2D eigenvalue weighted by molar-refractivity contribution is 0.309. The number of anilines is 1. The van der Waals surface area contributed by atoms with Crippen LogP contribution in [0.2, 0.25) is 0 Å². The number of thiazole rings is 1. The monoisotopic (exact) mass is 613 g/mol. The average Bonchev–Trinajstić information content (AvgIpc) is 3.39. The van der Waals surface area contributed by atoms with E-state index in [-0.39, 0.29) is 26.3 Å². The number of hydrogen-bond donors (Lipinski definition) is 0. The summed E-state index contributed by atoms with van der Waals surface area (Å²) in [5.74, 6) is 0. The summed E-state index contributed by atoms with van der Waals surface area (Å²) in [6.45, 7) is 0.303. The minimum absolute atomic E-state index is 0.0772. The fourth-order valence-electron chi connectivity index (χ4n) is 3.90. The summed E-state index contributed by atoms with van der Waals surface area (Å²) in [5, 5.41) is 3.14. The van der Waals surface area contributed by atoms with Crippen molar-refractivity contribution in [3.8, 4) is 11.3 Å². The van der Waals surface area contributed by atoms with Gasteiger partial charge in [0.1, 0.15) is 0 Å². The highest BCUT2D eigenvalue weighted by molar-refractivity contribution is 7.86. The van der Waals surface area contributed by atoms with E-state index < -0.39 is 20.2 Å². The van der Waals surface area contributed by atoms with Gasteiger partial charge < -0.3 is 4.90 Å². The fourth-order valence-corrected chi connectivity index (χ4v) is 5.49. The van der Waals surface area contributed by atoms with E-state index in [4.69, 9.17) is 13.4 Å². The molecule has 0 atom stereocenters. The van der Waals surface area contributed by atoms with Gasteiger partial charge in [0.15, 0.2) is 0 Å². The van der Waals surface area contributed by atoms with Gasteiger partial charge in [0.05, 0.1) is 42.1 Å². The fraction of sp³-hybridized carbons (Fsp3) is 0.241. The van der Waals surface area contributed by atoms with Crippen molar-refractivity contribution in [3.63, 3.8) is 0 Å². The Labute approximate surface area is 245 Å². The number of aromatic nitrogens is 1. The summed E-state index contributed by atoms with van der Waals surface area (Å²) >= 11 is 1.65. The third-order valence-electron chi connectivity index (χ3n) is 5.85. The molecule has 0 saturated carbocycles. The second kappa shape index (κ2) is 14.0. The van der Waals surface area contributed by atoms with Gasteiger partial charge >= 0.3 is 0 Å². The van der Waals surface area contributed by atoms with Crippen LogP contribution in [0.15, 0.2) is 89.2 Å². The van der Waals surface area contributed by atoms with Crippen LogP contribution in [0, 0.1) is 0 Å². The van der Waals surface area contributed by atoms with Gasteiger partial charge in [-0.3, -0.25) is 13.4 Å². The van der Waals surface area contributed by atoms with Crippen molar-refractivity contribution in [2.45, 2.75) is 6.42 Å². The van der Waals surface area contributed by atoms with Crippen molar-refractivity contribution in [2.24, 2.45) is 4.99 Å². The third kappa shape index (κ3) is 10.5. The maximum absolute atomic E-state index is 11.3. The van der Waals surface area contributed by atoms with Crippen molar-refractivity contribution in [1.29, 1.82) is 0 Å². The molecular weight excluding hydrogens is 583 g/mol. The van der Waals surface area contributed by atoms with Crippen molar-refractivity contribution < 1.29 is 25.2 Å². The summed E-state index contributed by atoms with van der Waals surface area (Å²) in [4.78, 5) is 11.1. The Kier molecular flexibility index (Phi) is 10.4. The molecule has 0 aliphatic heterocycles. The van der Waals surface area contributed by atoms with Crippen molar-refractivity contribution in [2.75, 3.05) is 43.7 Å². The first-order valence-corrected chi connectivity index (χ1v) is 17.2. The van der Waals surface area contributed by atoms with Crippen molar-refractivity contribution in [1.82, 2.24) is 4.98 Å². The standard InChI is InChI=1S/C29H31N3O6S3/c1-40(33,34)37-18-16-32(17-19-38-41(2,35)36)27-14-8-24(9-15-27)21-30-26-12-10-25(11-13-26)28-22-39-29(31-28)20-23-6-4-3-5-7-23/h3-15,21-22H,16-20H2,1-2H3. The number of rotatable bonds is 14. The van der Waals surface area contributed by atoms with Crippen LogP contribution in [0.25, 0.3) is 11.3 Å². The zero-order chi connectivity index (χ0) is 29.3. The molecule has 0 spiro atoms. The summed E-state index contributed by atoms with van der Waals surface area (Å²) in [6, 6.07) is 25.6. The molecule has 4 aromatic rings. The highest BCUT2D eigenvalue weighted by atomic mass is 32.2. The maximum atomic E-state index is 11.3. The Balaban J connectivity index is 1.37. The largest absolute Gasteiger partial charge is 0.367 e. The molecule has 0 amide bonds. The summed E-state index contributed by atoms with van der Waals surface area (Å²) in [6.07, 6.45) is 4.53. The molecule has 0 fully saturated rings. The van der Waals surface area contributed by atoms with Crippen LogP contribution >= 0.6 is 11.3 Å². The quantitative estimate of drug-likeness (QED) is 0.146. The molecule has 216 valence electrons. The van der Waals surface area contributed by atoms with E-state index in [1.54, 1.807) is 22.5 Å². The third-order valence-corrected chi connectivity index (χ3v) is 7.89. The molecule has 0 saturated heterocycles. The maximum Gasteiger partial charge on any atom is 0.264 e. The second-order valence-electron chi connectivity index (χ2n) is 9.22. The lowest BCUT2D eigenvalue weighted by atomic mass is 10.1. The predicted molar refractivity (Wildman–Crippen MR) is 164 cm³/mol. The highest BCUT2D eigenvalue weighted by Crippen LogP contribution is 2.26. The van der Waals surface area contributed by atoms with Gasteiger partial charge in [0.25, 0.3) is 20.2 Å². The molecule has 3 aromatic carbocycles. The van der Waals surface area contributed by atoms with Crippen LogP contribution in [0.3, 0.4) is 0 Å². The van der Waals surface area contributed by atoms with Crippen LogP contribution in [-0.2, 0) is 35.0 Å². The Morgan fingerprint density at radius 2 is 1.44 bits per heavy atom. The molecular formula is C29H31N3O6S3. The van der Waals surface area contributed by atoms with Crippen LogP contribution in [0.5, 0.6) is 0 Å². The molecule has 4 rings (SSSR count). The zero-order valence-electron chi connectivity index (χ0n) is 22.7. The number of hydrogen-bond acceptors (Lipinski definition) is 10. The predicted octanol–water partition coefficient (Wildman–Crippen LogP) is 4.91. The van der Waals surface area contributed by atoms with Gasteiger partial charge in [0.2, 0.25) is 0 Å². The van der Waals surface area contributed by atoms with E-state index in [9.17, 15) is 16.8 Å². The SMILES string of the molecule is CS(=O)(=O)OCCN(CCOS(C)(=O)=O)c1ccc(C=Nc2ccc(-c3csc(Cc4ccccc4)n3)cc2)cc1. The normalized spacial score (nSPS) is 12.1. The van der Waals surface area contributed by atoms with Crippen molar-refractivity contribution in [3.05, 3.63) is 100 Å². The van der Waals surface area contributed by atoms with Crippen LogP contribution in [0.1, 0.15) is 16.1 Å². The Bertz CT molecular complexity index is 1610. The van der Waals surface area contributed by atoms with E-state index in [0.29, 0.717) is 0 Å². The first-order chi connectivity index (χ1) is 19.5. The molecule has 1 heterocycles. The minimum atomic E-state index is -3.59. The first kappa shape index (κ1) is 30.5. The van der Waals surface area contributed by atoms with Gasteiger partial charge in [-0.2, -0.15) is 16.8 Å². The Morgan fingerprint density at radius 1 is 0.829 bits per heavy atom. The number of nitrogens with zero attached hydrogens (tertiary/aromatic N) is 3. The van der Waals surface area contributed by atoms with Gasteiger partial charge in [-0.1, -0.05) is 54.6 Å². The van der Waals surface area contributed by atoms with Gasteiger partial charge in [-0.05, 0) is 35.4 Å². The van der Waals surface area contributed by atoms with Gasteiger partial charge in [0, 0.05) is 42.4 Å². The van der Waals surface area contributed by atoms with Crippen molar-refractivity contribution >= 4 is 49.2 Å². The number of aliphatic imine (C=N–C) groups is 1. The summed E-state index contributed by atoms with van der Waals surface area (Å²) < 4.78 is 55.0. The van der Waals surface area contributed by atoms with E-state index in [0.717, 1.165) is 52.1 Å². The molecule has 1 aromatic heterocycles. The van der Waals surface area contributed by atoms with E-state index in [1.165, 1.54) is 5.56 Å². The molecule has 0 aliphatic carbocycles. The topological polar surface area (TPSA) is 115 Å². The van der Waals surface area contributed by atoms with E-state index in [1.807, 2.05) is 66.7 Å². The van der Waals surface area contributed by atoms with Crippen LogP contribution < -0.4 is 4.90 Å². The summed E-state index contributed by atoms with van der Waals surface area (Å²) in [5.41, 5.74) is 5.64. The number of benzene rings is 3. The van der Waals surface area contributed by atoms with Gasteiger partial charge in [-0.25, -0.2) is 4.98 Å². The first-order valence-electron chi connectivity index (χ1n) is 12.7. The average molecular weight is 614 g/mol. The second-order valence-corrected chi connectivity index (χ2v) is 13.5. The van der Waals surface area contributed by atoms with E-state index >= 15 is 0 Å². The van der Waals surface area contributed by atoms with Crippen LogP contribution in [-0.4, -0.2) is 66.8 Å². The molecule has 0 aliphatic rings. The lowest BCUT2D eigenvalue weighted by Crippen LogP contribution is -2.32. The minimum Gasteiger partial charge on any atom is -0.367 e. The molecule has 0 unspecified atom stereocenters. The van der Waals surface area contributed by atoms with Gasteiger partial charge in [-0.15, -0.1) is 11.3 Å². The highest BCUT2D eigenvalue weighted by Gasteiger charge is 2.11. The molecule has 12 heteroatoms. The molecule has 0 N–H and O–H groups in total. The molecule has 0 radical (unpaired) electrons. The lowest BCUT2D eigenvalue weighted by Gasteiger charge is -2.24. The smallest absolute Gasteiger partial charge is 0.264 e. The van der Waals surface area contributed by atoms with E-state index in [2.05, 4.69) is 22.5 Å². The molecule has 0 bridgehead atoms. The zero-order valence-corrected chi connectivity index (χ0v) is 25.2. The Hall–Kier alpha value is -3.42. The molecule has 41 heavy (non-hydrogen) atoms.